The van der Waals surface area contributed by atoms with E-state index in [1.165, 1.54) is 81.8 Å². The first-order valence-corrected chi connectivity index (χ1v) is 25.4. The Bertz CT molecular complexity index is 2960. The highest BCUT2D eigenvalue weighted by Gasteiger charge is 2.41. The number of hydrogen-bond donors (Lipinski definition) is 4. The molecular weight excluding hydrogens is 997 g/mol. The summed E-state index contributed by atoms with van der Waals surface area (Å²) >= 11 is 16.5. The van der Waals surface area contributed by atoms with E-state index < -0.39 is 16.9 Å². The lowest BCUT2D eigenvalue weighted by Crippen LogP contribution is -2.39. The van der Waals surface area contributed by atoms with E-state index in [-0.39, 0.29) is 16.0 Å². The number of fused-ring (bicyclic) bond motifs is 6. The SMILES string of the molecule is C=CC(=O)Cl.C=CC(=O)Nc1cc2c(Nc3ccc(F)c(Cl)c3)ncnc2cc1OCCC1C2CCC1CN(C)C2.CN1CC2CCC(C1)C2CCOc1cc2ncnc(Nc3ccc(F)c(Cl)c3)c2cc1N. The van der Waals surface area contributed by atoms with Gasteiger partial charge in [0.05, 0.1) is 45.7 Å². The Morgan fingerprint density at radius 3 is 1.56 bits per heavy atom. The number of halogens is 5. The minimum Gasteiger partial charge on any atom is -0.491 e. The van der Waals surface area contributed by atoms with Gasteiger partial charge in [0.15, 0.2) is 0 Å². The number of nitrogens with two attached hydrogens (primary N) is 1. The van der Waals surface area contributed by atoms with Crippen molar-refractivity contribution >= 4 is 102 Å². The lowest BCUT2D eigenvalue weighted by Gasteiger charge is -2.36. The van der Waals surface area contributed by atoms with E-state index in [4.69, 9.17) is 50.0 Å². The third kappa shape index (κ3) is 13.3. The van der Waals surface area contributed by atoms with Crippen LogP contribution in [0.1, 0.15) is 38.5 Å². The zero-order valence-corrected chi connectivity index (χ0v) is 43.0. The van der Waals surface area contributed by atoms with Crippen molar-refractivity contribution in [1.82, 2.24) is 29.7 Å². The summed E-state index contributed by atoms with van der Waals surface area (Å²) in [5, 5.41) is 10.1. The van der Waals surface area contributed by atoms with Crippen LogP contribution in [0.3, 0.4) is 0 Å². The zero-order chi connectivity index (χ0) is 51.8. The van der Waals surface area contributed by atoms with Gasteiger partial charge in [-0.05, 0) is 160 Å². The number of piperidine rings is 2. The number of anilines is 6. The average Bonchev–Trinajstić information content (AvgIpc) is 3.76. The van der Waals surface area contributed by atoms with Gasteiger partial charge in [0.2, 0.25) is 11.1 Å². The van der Waals surface area contributed by atoms with Gasteiger partial charge >= 0.3 is 0 Å². The van der Waals surface area contributed by atoms with Crippen molar-refractivity contribution in [3.8, 4) is 11.5 Å². The van der Waals surface area contributed by atoms with Crippen molar-refractivity contribution in [2.45, 2.75) is 38.5 Å². The van der Waals surface area contributed by atoms with Crippen LogP contribution >= 0.6 is 34.8 Å². The molecule has 4 aliphatic rings. The molecule has 0 spiro atoms. The Morgan fingerprint density at radius 2 is 1.12 bits per heavy atom. The molecule has 14 nitrogen and oxygen atoms in total. The molecule has 4 unspecified atom stereocenters. The fourth-order valence-corrected chi connectivity index (χ4v) is 11.4. The Morgan fingerprint density at radius 1 is 0.685 bits per heavy atom. The summed E-state index contributed by atoms with van der Waals surface area (Å²) in [7, 11) is 4.43. The number of nitrogens with zero attached hydrogens (tertiary/aromatic N) is 6. The number of nitrogens with one attached hydrogen (secondary N) is 3. The van der Waals surface area contributed by atoms with Gasteiger partial charge in [0, 0.05) is 60.5 Å². The number of rotatable bonds is 15. The molecule has 2 saturated heterocycles. The fraction of sp³-hybridized carbons (Fsp3) is 0.370. The number of ether oxygens (including phenoxy) is 2. The van der Waals surface area contributed by atoms with Crippen molar-refractivity contribution < 1.29 is 27.8 Å². The normalized spacial score (nSPS) is 21.0. The molecule has 6 aromatic rings. The molecule has 4 atom stereocenters. The predicted molar refractivity (Wildman–Crippen MR) is 287 cm³/mol. The van der Waals surface area contributed by atoms with Crippen molar-refractivity contribution in [2.75, 3.05) is 75.2 Å². The molecule has 0 radical (unpaired) electrons. The second-order valence-corrected chi connectivity index (χ2v) is 20.4. The molecule has 2 aliphatic heterocycles. The molecule has 4 aromatic carbocycles. The molecule has 5 N–H and O–H groups in total. The largest absolute Gasteiger partial charge is 0.491 e. The standard InChI is InChI=1S/C27H29ClFN5O2.C24H27ClFN5O.C3H3ClO/c1-3-26(35)33-24-11-20-23(30-15-31-27(20)32-18-6-7-22(29)21(28)10-18)12-25(24)36-9-8-19-16-4-5-17(19)14-34(2)13-16;1-31-11-14-2-3-15(12-31)17(14)6-7-32-23-10-22-18(9-21(23)27)24(29-13-28-22)30-16-4-5-20(26)19(25)8-16;1-2-3(4)5/h3,6-7,10-12,15-17,19H,1,4-5,8-9,13-14H2,2H3,(H,33,35)(H,30,31,32);4-5,8-10,13-15,17H,2-3,6-7,11-12,27H2,1H3,(H,28,29,30);2H,1H2. The second kappa shape index (κ2) is 24.2. The maximum atomic E-state index is 13.6. The molecule has 10 rings (SSSR count). The quantitative estimate of drug-likeness (QED) is 0.0435. The van der Waals surface area contributed by atoms with Crippen molar-refractivity contribution in [2.24, 2.45) is 35.5 Å². The molecule has 2 aromatic heterocycles. The first kappa shape index (κ1) is 53.1. The third-order valence-electron chi connectivity index (χ3n) is 14.3. The van der Waals surface area contributed by atoms with E-state index in [1.807, 2.05) is 18.2 Å². The van der Waals surface area contributed by atoms with Crippen LogP contribution in [0.2, 0.25) is 10.0 Å². The maximum Gasteiger partial charge on any atom is 0.247 e. The van der Waals surface area contributed by atoms with Gasteiger partial charge in [-0.1, -0.05) is 36.4 Å². The van der Waals surface area contributed by atoms with E-state index in [2.05, 4.69) is 72.9 Å². The topological polar surface area (TPSA) is 173 Å². The Labute approximate surface area is 438 Å². The molecule has 19 heteroatoms. The van der Waals surface area contributed by atoms with Gasteiger partial charge in [-0.15, -0.1) is 0 Å². The van der Waals surface area contributed by atoms with Crippen LogP contribution in [0.25, 0.3) is 21.8 Å². The number of hydrogen-bond acceptors (Lipinski definition) is 13. The van der Waals surface area contributed by atoms with E-state index in [0.717, 1.165) is 72.5 Å². The summed E-state index contributed by atoms with van der Waals surface area (Å²) in [6.45, 7) is 12.6. The van der Waals surface area contributed by atoms with Crippen LogP contribution in [0.5, 0.6) is 11.5 Å². The average molecular weight is 1060 g/mol. The van der Waals surface area contributed by atoms with E-state index in [9.17, 15) is 18.4 Å². The highest BCUT2D eigenvalue weighted by molar-refractivity contribution is 6.66. The van der Waals surface area contributed by atoms with Crippen LogP contribution in [0, 0.1) is 47.1 Å². The van der Waals surface area contributed by atoms with Crippen molar-refractivity contribution in [3.63, 3.8) is 0 Å². The Kier molecular flexibility index (Phi) is 17.6. The number of likely N-dealkylation sites (tertiary alicyclic amines) is 2. The number of benzene rings is 4. The summed E-state index contributed by atoms with van der Waals surface area (Å²) in [6.07, 6.45) is 12.5. The van der Waals surface area contributed by atoms with E-state index >= 15 is 0 Å². The molecule has 73 heavy (non-hydrogen) atoms. The molecule has 4 heterocycles. The van der Waals surface area contributed by atoms with Crippen LogP contribution in [0.15, 0.2) is 98.6 Å². The maximum absolute atomic E-state index is 13.6. The number of allylic oxidation sites excluding steroid dienone is 1. The van der Waals surface area contributed by atoms with Crippen LogP contribution in [-0.4, -0.2) is 94.4 Å². The molecule has 2 aliphatic carbocycles. The molecule has 1 amide bonds. The molecule has 384 valence electrons. The Hall–Kier alpha value is -6.17. The molecular formula is C54H59Cl3F2N10O4. The van der Waals surface area contributed by atoms with Gasteiger partial charge < -0.3 is 41.0 Å². The highest BCUT2D eigenvalue weighted by atomic mass is 35.5. The molecule has 4 bridgehead atoms. The lowest BCUT2D eigenvalue weighted by molar-refractivity contribution is -0.112. The van der Waals surface area contributed by atoms with E-state index in [0.29, 0.717) is 75.9 Å². The summed E-state index contributed by atoms with van der Waals surface area (Å²) < 4.78 is 39.4. The van der Waals surface area contributed by atoms with Gasteiger partial charge in [0.1, 0.15) is 47.4 Å². The van der Waals surface area contributed by atoms with E-state index in [1.54, 1.807) is 18.2 Å². The number of carbonyl (C=O) groups excluding carboxylic acids is 2. The number of nitrogen functional groups attached to an aromatic ring is 1. The smallest absolute Gasteiger partial charge is 0.247 e. The summed E-state index contributed by atoms with van der Waals surface area (Å²) in [5.41, 5.74) is 9.93. The van der Waals surface area contributed by atoms with Crippen LogP contribution in [0.4, 0.5) is 43.2 Å². The van der Waals surface area contributed by atoms with Crippen LogP contribution in [-0.2, 0) is 9.59 Å². The highest BCUT2D eigenvalue weighted by Crippen LogP contribution is 2.45. The first-order chi connectivity index (χ1) is 35.2. The Balaban J connectivity index is 0.000000179. The molecule has 4 fully saturated rings. The number of carbonyl (C=O) groups is 2. The summed E-state index contributed by atoms with van der Waals surface area (Å²) in [6, 6.07) is 16.0. The fourth-order valence-electron chi connectivity index (χ4n) is 11.0. The van der Waals surface area contributed by atoms with Crippen LogP contribution < -0.4 is 31.2 Å². The monoisotopic (exact) mass is 1050 g/mol. The number of amides is 1. The summed E-state index contributed by atoms with van der Waals surface area (Å²) in [4.78, 5) is 44.0. The first-order valence-electron chi connectivity index (χ1n) is 24.3. The minimum absolute atomic E-state index is 0.00558. The van der Waals surface area contributed by atoms with Gasteiger partial charge in [0.25, 0.3) is 0 Å². The lowest BCUT2D eigenvalue weighted by atomic mass is 9.83. The zero-order valence-electron chi connectivity index (χ0n) is 40.7. The number of aromatic nitrogens is 4. The van der Waals surface area contributed by atoms with Crippen molar-refractivity contribution in [1.29, 1.82) is 0 Å². The summed E-state index contributed by atoms with van der Waals surface area (Å²) in [5.74, 6) is 5.40. The predicted octanol–water partition coefficient (Wildman–Crippen LogP) is 11.7. The third-order valence-corrected chi connectivity index (χ3v) is 15.0. The van der Waals surface area contributed by atoms with Gasteiger partial charge in [-0.25, -0.2) is 28.7 Å². The molecule has 2 saturated carbocycles. The van der Waals surface area contributed by atoms with Crippen molar-refractivity contribution in [3.05, 3.63) is 120 Å². The van der Waals surface area contributed by atoms with Gasteiger partial charge in [-0.2, -0.15) is 0 Å². The van der Waals surface area contributed by atoms with Gasteiger partial charge in [-0.3, -0.25) is 9.59 Å². The second-order valence-electron chi connectivity index (χ2n) is 19.2. The minimum atomic E-state index is -0.509.